The van der Waals surface area contributed by atoms with Gasteiger partial charge in [-0.15, -0.1) is 0 Å². The van der Waals surface area contributed by atoms with Crippen molar-refractivity contribution in [1.82, 2.24) is 9.88 Å². The Bertz CT molecular complexity index is 568. The largest absolute Gasteiger partial charge is 0.481 e. The summed E-state index contributed by atoms with van der Waals surface area (Å²) in [5.74, 6) is -1.34. The number of hydrogen-bond acceptors (Lipinski definition) is 3. The van der Waals surface area contributed by atoms with Crippen molar-refractivity contribution >= 4 is 23.5 Å². The third kappa shape index (κ3) is 5.23. The van der Waals surface area contributed by atoms with Crippen molar-refractivity contribution < 1.29 is 14.7 Å². The number of halogens is 1. The number of carboxylic acids is 1. The molecule has 0 spiro atoms. The monoisotopic (exact) mass is 314 g/mol. The van der Waals surface area contributed by atoms with Gasteiger partial charge in [-0.05, 0) is 18.4 Å². The Morgan fingerprint density at radius 3 is 2.62 bits per heavy atom. The molecule has 116 valence electrons. The van der Waals surface area contributed by atoms with Gasteiger partial charge in [-0.2, -0.15) is 0 Å². The number of nitrogens with zero attached hydrogens (tertiary/aromatic N) is 1. The average Bonchev–Trinajstić information content (AvgIpc) is 2.38. The molecule has 0 fully saturated rings. The smallest absolute Gasteiger partial charge is 0.303 e. The van der Waals surface area contributed by atoms with Crippen molar-refractivity contribution in [3.8, 4) is 0 Å². The lowest BCUT2D eigenvalue weighted by atomic mass is 10.0. The van der Waals surface area contributed by atoms with Crippen LogP contribution in [0.4, 0.5) is 0 Å². The highest BCUT2D eigenvalue weighted by Gasteiger charge is 2.24. The Labute approximate surface area is 127 Å². The maximum Gasteiger partial charge on any atom is 0.303 e. The summed E-state index contributed by atoms with van der Waals surface area (Å²) in [6.45, 7) is 3.91. The Kier molecular flexibility index (Phi) is 6.42. The van der Waals surface area contributed by atoms with E-state index in [-0.39, 0.29) is 30.3 Å². The Hall–Kier alpha value is -1.82. The van der Waals surface area contributed by atoms with Crippen molar-refractivity contribution in [2.45, 2.75) is 32.7 Å². The fourth-order valence-electron chi connectivity index (χ4n) is 2.00. The summed E-state index contributed by atoms with van der Waals surface area (Å²) >= 11 is 5.88. The van der Waals surface area contributed by atoms with Gasteiger partial charge in [-0.3, -0.25) is 14.4 Å². The molecular weight excluding hydrogens is 296 g/mol. The van der Waals surface area contributed by atoms with Gasteiger partial charge in [0, 0.05) is 25.2 Å². The van der Waals surface area contributed by atoms with Crippen LogP contribution in [0.3, 0.4) is 0 Å². The summed E-state index contributed by atoms with van der Waals surface area (Å²) < 4.78 is 1.31. The first-order chi connectivity index (χ1) is 9.82. The molecule has 2 N–H and O–H groups in total. The van der Waals surface area contributed by atoms with E-state index in [1.807, 2.05) is 13.8 Å². The quantitative estimate of drug-likeness (QED) is 0.749. The van der Waals surface area contributed by atoms with E-state index >= 15 is 0 Å². The molecule has 0 aromatic carbocycles. The lowest BCUT2D eigenvalue weighted by Gasteiger charge is -2.22. The molecule has 0 aliphatic rings. The molecule has 0 bridgehead atoms. The van der Waals surface area contributed by atoms with Gasteiger partial charge in [0.2, 0.25) is 5.91 Å². The Morgan fingerprint density at radius 1 is 1.38 bits per heavy atom. The maximum atomic E-state index is 12.2. The zero-order valence-electron chi connectivity index (χ0n) is 12.0. The molecule has 6 nitrogen and oxygen atoms in total. The number of carbonyl (C=O) groups excluding carboxylic acids is 1. The van der Waals surface area contributed by atoms with Crippen LogP contribution in [0.15, 0.2) is 23.1 Å². The average molecular weight is 315 g/mol. The van der Waals surface area contributed by atoms with E-state index in [1.54, 1.807) is 0 Å². The normalized spacial score (nSPS) is 12.2. The van der Waals surface area contributed by atoms with Gasteiger partial charge in [-0.1, -0.05) is 25.4 Å². The second-order valence-corrected chi connectivity index (χ2v) is 5.51. The molecule has 0 saturated heterocycles. The van der Waals surface area contributed by atoms with Gasteiger partial charge in [0.25, 0.3) is 5.56 Å². The number of aromatic nitrogens is 1. The minimum Gasteiger partial charge on any atom is -0.481 e. The van der Waals surface area contributed by atoms with Crippen LogP contribution < -0.4 is 10.9 Å². The first-order valence-electron chi connectivity index (χ1n) is 6.70. The van der Waals surface area contributed by atoms with Gasteiger partial charge < -0.3 is 15.0 Å². The summed E-state index contributed by atoms with van der Waals surface area (Å²) in [6.07, 6.45) is 1.77. The van der Waals surface area contributed by atoms with Crippen molar-refractivity contribution in [3.63, 3.8) is 0 Å². The van der Waals surface area contributed by atoms with Crippen LogP contribution in [0, 0.1) is 5.92 Å². The molecule has 0 saturated carbocycles. The summed E-state index contributed by atoms with van der Waals surface area (Å²) in [5, 5.41) is 11.6. The molecule has 1 atom stereocenters. The molecule has 21 heavy (non-hydrogen) atoms. The molecule has 1 rings (SSSR count). The molecule has 7 heteroatoms. The van der Waals surface area contributed by atoms with Crippen LogP contribution in [-0.2, 0) is 9.59 Å². The summed E-state index contributed by atoms with van der Waals surface area (Å²) in [4.78, 5) is 34.5. The van der Waals surface area contributed by atoms with Gasteiger partial charge in [0.05, 0.1) is 5.02 Å². The van der Waals surface area contributed by atoms with Crippen LogP contribution in [0.25, 0.3) is 0 Å². The number of amides is 1. The second kappa shape index (κ2) is 7.83. The van der Waals surface area contributed by atoms with Crippen molar-refractivity contribution in [1.29, 1.82) is 0 Å². The number of pyridine rings is 1. The molecule has 1 amide bonds. The molecule has 0 aliphatic carbocycles. The van der Waals surface area contributed by atoms with Crippen molar-refractivity contribution in [3.05, 3.63) is 33.7 Å². The SMILES string of the molecule is CC(C)C(C(=O)NCCCC(=O)O)n1cc(Cl)ccc1=O. The maximum absolute atomic E-state index is 12.2. The van der Waals surface area contributed by atoms with E-state index in [0.29, 0.717) is 11.4 Å². The summed E-state index contributed by atoms with van der Waals surface area (Å²) in [5.41, 5.74) is -0.307. The topological polar surface area (TPSA) is 88.4 Å². The molecule has 1 aromatic heterocycles. The number of carboxylic acid groups (broad SMARTS) is 1. The third-order valence-corrected chi connectivity index (χ3v) is 3.19. The fourth-order valence-corrected chi connectivity index (χ4v) is 2.17. The number of carbonyl (C=O) groups is 2. The molecular formula is C14H19ClN2O4. The van der Waals surface area contributed by atoms with Crippen LogP contribution in [0.2, 0.25) is 5.02 Å². The van der Waals surface area contributed by atoms with E-state index in [0.717, 1.165) is 0 Å². The second-order valence-electron chi connectivity index (χ2n) is 5.07. The minimum absolute atomic E-state index is 0.0102. The minimum atomic E-state index is -0.907. The van der Waals surface area contributed by atoms with E-state index < -0.39 is 12.0 Å². The van der Waals surface area contributed by atoms with Crippen LogP contribution in [0.1, 0.15) is 32.7 Å². The predicted molar refractivity (Wildman–Crippen MR) is 79.5 cm³/mol. The first kappa shape index (κ1) is 17.2. The predicted octanol–water partition coefficient (Wildman–Crippen LogP) is 1.68. The van der Waals surface area contributed by atoms with Crippen molar-refractivity contribution in [2.75, 3.05) is 6.54 Å². The first-order valence-corrected chi connectivity index (χ1v) is 7.08. The molecule has 0 aliphatic heterocycles. The molecule has 1 aromatic rings. The molecule has 1 heterocycles. The lowest BCUT2D eigenvalue weighted by Crippen LogP contribution is -2.40. The standard InChI is InChI=1S/C14H19ClN2O4/c1-9(2)13(14(21)16-7-3-4-12(19)20)17-8-10(15)5-6-11(17)18/h5-6,8-9,13H,3-4,7H2,1-2H3,(H,16,21)(H,19,20). The Morgan fingerprint density at radius 2 is 2.05 bits per heavy atom. The van der Waals surface area contributed by atoms with Crippen LogP contribution in [-0.4, -0.2) is 28.1 Å². The van der Waals surface area contributed by atoms with Crippen LogP contribution >= 0.6 is 11.6 Å². The van der Waals surface area contributed by atoms with Crippen molar-refractivity contribution in [2.24, 2.45) is 5.92 Å². The number of hydrogen-bond donors (Lipinski definition) is 2. The van der Waals surface area contributed by atoms with E-state index in [4.69, 9.17) is 16.7 Å². The highest BCUT2D eigenvalue weighted by atomic mass is 35.5. The molecule has 1 unspecified atom stereocenters. The third-order valence-electron chi connectivity index (χ3n) is 2.97. The number of nitrogens with one attached hydrogen (secondary N) is 1. The number of rotatable bonds is 7. The zero-order chi connectivity index (χ0) is 16.0. The van der Waals surface area contributed by atoms with Crippen LogP contribution in [0.5, 0.6) is 0 Å². The summed E-state index contributed by atoms with van der Waals surface area (Å²) in [6, 6.07) is 2.11. The molecule has 0 radical (unpaired) electrons. The highest BCUT2D eigenvalue weighted by molar-refractivity contribution is 6.30. The summed E-state index contributed by atoms with van der Waals surface area (Å²) in [7, 11) is 0. The van der Waals surface area contributed by atoms with E-state index in [2.05, 4.69) is 5.32 Å². The fraction of sp³-hybridized carbons (Fsp3) is 0.500. The van der Waals surface area contributed by atoms with Gasteiger partial charge in [0.15, 0.2) is 0 Å². The van der Waals surface area contributed by atoms with Gasteiger partial charge >= 0.3 is 5.97 Å². The van der Waals surface area contributed by atoms with E-state index in [1.165, 1.54) is 22.9 Å². The number of aliphatic carboxylic acids is 1. The highest BCUT2D eigenvalue weighted by Crippen LogP contribution is 2.18. The van der Waals surface area contributed by atoms with E-state index in [9.17, 15) is 14.4 Å². The van der Waals surface area contributed by atoms with Gasteiger partial charge in [-0.25, -0.2) is 0 Å². The lowest BCUT2D eigenvalue weighted by molar-refractivity contribution is -0.137. The van der Waals surface area contributed by atoms with Gasteiger partial charge in [0.1, 0.15) is 6.04 Å². The zero-order valence-corrected chi connectivity index (χ0v) is 12.8. The Balaban J connectivity index is 2.82.